The van der Waals surface area contributed by atoms with Crippen LogP contribution in [0.5, 0.6) is 0 Å². The molecule has 0 fully saturated rings. The van der Waals surface area contributed by atoms with Crippen molar-refractivity contribution < 1.29 is 0 Å². The van der Waals surface area contributed by atoms with E-state index in [0.29, 0.717) is 10.0 Å². The van der Waals surface area contributed by atoms with E-state index in [-0.39, 0.29) is 5.92 Å². The first-order valence-corrected chi connectivity index (χ1v) is 14.9. The summed E-state index contributed by atoms with van der Waals surface area (Å²) in [5.41, 5.74) is 4.57. The molecular weight excluding hydrogens is 566 g/mol. The molecule has 2 atom stereocenters. The van der Waals surface area contributed by atoms with Crippen molar-refractivity contribution in [3.8, 4) is 0 Å². The molecule has 180 valence electrons. The van der Waals surface area contributed by atoms with E-state index in [1.165, 1.54) is 16.0 Å². The Morgan fingerprint density at radius 2 is 1.11 bits per heavy atom. The SMILES string of the molecule is Clc1ccc(/C=C/C2(c3ccc(Cl)cc3)SSC(c3ccc(Cl)cc3)=CC2c2ccc(Cl)cc2)cc1. The first kappa shape index (κ1) is 25.9. The van der Waals surface area contributed by atoms with E-state index in [9.17, 15) is 0 Å². The predicted molar refractivity (Wildman–Crippen MR) is 162 cm³/mol. The van der Waals surface area contributed by atoms with E-state index in [2.05, 4.69) is 54.6 Å². The van der Waals surface area contributed by atoms with Gasteiger partial charge in [0.2, 0.25) is 0 Å². The predicted octanol–water partition coefficient (Wildman–Crippen LogP) is 11.4. The van der Waals surface area contributed by atoms with Crippen molar-refractivity contribution in [1.82, 2.24) is 0 Å². The van der Waals surface area contributed by atoms with E-state index in [4.69, 9.17) is 46.4 Å². The van der Waals surface area contributed by atoms with Gasteiger partial charge in [-0.3, -0.25) is 0 Å². The monoisotopic (exact) mass is 584 g/mol. The van der Waals surface area contributed by atoms with E-state index in [1.54, 1.807) is 10.8 Å². The van der Waals surface area contributed by atoms with Gasteiger partial charge in [-0.1, -0.05) is 135 Å². The zero-order valence-electron chi connectivity index (χ0n) is 18.9. The second kappa shape index (κ2) is 11.3. The van der Waals surface area contributed by atoms with Crippen molar-refractivity contribution in [1.29, 1.82) is 0 Å². The molecule has 2 unspecified atom stereocenters. The summed E-state index contributed by atoms with van der Waals surface area (Å²) in [5, 5.41) is 2.87. The summed E-state index contributed by atoms with van der Waals surface area (Å²) >= 11 is 24.9. The number of hydrogen-bond donors (Lipinski definition) is 0. The van der Waals surface area contributed by atoms with Crippen molar-refractivity contribution in [3.63, 3.8) is 0 Å². The zero-order chi connectivity index (χ0) is 25.1. The van der Waals surface area contributed by atoms with Gasteiger partial charge in [0.15, 0.2) is 0 Å². The van der Waals surface area contributed by atoms with Crippen LogP contribution in [0, 0.1) is 0 Å². The lowest BCUT2D eigenvalue weighted by Gasteiger charge is -2.40. The highest BCUT2D eigenvalue weighted by molar-refractivity contribution is 8.80. The standard InChI is InChI=1S/C30H20Cl4S2/c31-24-9-1-20(2-10-24)17-18-30(23-7-15-27(34)16-8-23)28(21-3-11-25(32)12-4-21)19-29(35-36-30)22-5-13-26(33)14-6-22/h1-19,28H/b18-17+. The van der Waals surface area contributed by atoms with Crippen LogP contribution in [0.4, 0.5) is 0 Å². The highest BCUT2D eigenvalue weighted by atomic mass is 35.5. The molecule has 0 bridgehead atoms. The molecule has 0 spiro atoms. The van der Waals surface area contributed by atoms with Gasteiger partial charge in [0.05, 0.1) is 4.75 Å². The molecular formula is C30H20Cl4S2. The third-order valence-corrected chi connectivity index (χ3v) is 10.3. The minimum Gasteiger partial charge on any atom is -0.0843 e. The Morgan fingerprint density at radius 1 is 0.611 bits per heavy atom. The summed E-state index contributed by atoms with van der Waals surface area (Å²) < 4.78 is -0.404. The van der Waals surface area contributed by atoms with Gasteiger partial charge < -0.3 is 0 Å². The second-order valence-electron chi connectivity index (χ2n) is 8.42. The van der Waals surface area contributed by atoms with Gasteiger partial charge in [0, 0.05) is 30.9 Å². The smallest absolute Gasteiger partial charge is 0.0801 e. The Labute approximate surface area is 239 Å². The quantitative estimate of drug-likeness (QED) is 0.214. The highest BCUT2D eigenvalue weighted by Crippen LogP contribution is 2.62. The third-order valence-electron chi connectivity index (χ3n) is 6.10. The lowest BCUT2D eigenvalue weighted by atomic mass is 9.79. The minimum atomic E-state index is -0.404. The maximum absolute atomic E-state index is 6.29. The molecule has 0 aliphatic carbocycles. The minimum absolute atomic E-state index is 0.0245. The fourth-order valence-electron chi connectivity index (χ4n) is 4.20. The average molecular weight is 586 g/mol. The fourth-order valence-corrected chi connectivity index (χ4v) is 7.92. The van der Waals surface area contributed by atoms with Crippen molar-refractivity contribution in [2.75, 3.05) is 0 Å². The Morgan fingerprint density at radius 3 is 1.69 bits per heavy atom. The Kier molecular flexibility index (Phi) is 8.12. The molecule has 4 aromatic carbocycles. The Hall–Kier alpha value is -1.78. The van der Waals surface area contributed by atoms with Gasteiger partial charge in [-0.15, -0.1) is 0 Å². The Bertz CT molecular complexity index is 1390. The molecule has 0 amide bonds. The molecule has 0 N–H and O–H groups in total. The molecule has 1 aliphatic heterocycles. The van der Waals surface area contributed by atoms with E-state index < -0.39 is 4.75 Å². The van der Waals surface area contributed by atoms with E-state index in [1.807, 2.05) is 71.5 Å². The molecule has 0 saturated carbocycles. The normalized spacial score (nSPS) is 19.9. The van der Waals surface area contributed by atoms with Gasteiger partial charge in [-0.05, 0) is 70.8 Å². The molecule has 4 aromatic rings. The third kappa shape index (κ3) is 5.70. The van der Waals surface area contributed by atoms with Crippen LogP contribution in [0.3, 0.4) is 0 Å². The first-order chi connectivity index (χ1) is 17.4. The lowest BCUT2D eigenvalue weighted by Crippen LogP contribution is -2.28. The molecule has 1 heterocycles. The molecule has 0 radical (unpaired) electrons. The topological polar surface area (TPSA) is 0 Å². The van der Waals surface area contributed by atoms with Crippen LogP contribution in [0.2, 0.25) is 20.1 Å². The molecule has 6 heteroatoms. The number of allylic oxidation sites excluding steroid dienone is 1. The van der Waals surface area contributed by atoms with Crippen LogP contribution >= 0.6 is 68.0 Å². The van der Waals surface area contributed by atoms with Crippen molar-refractivity contribution >= 4 is 79.0 Å². The number of benzene rings is 4. The van der Waals surface area contributed by atoms with Crippen LogP contribution < -0.4 is 0 Å². The largest absolute Gasteiger partial charge is 0.0843 e. The van der Waals surface area contributed by atoms with E-state index >= 15 is 0 Å². The summed E-state index contributed by atoms with van der Waals surface area (Å²) in [4.78, 5) is 1.20. The summed E-state index contributed by atoms with van der Waals surface area (Å²) in [5.74, 6) is 0.0245. The molecule has 5 rings (SSSR count). The molecule has 36 heavy (non-hydrogen) atoms. The molecule has 0 saturated heterocycles. The van der Waals surface area contributed by atoms with Crippen LogP contribution in [0.15, 0.2) is 109 Å². The van der Waals surface area contributed by atoms with Gasteiger partial charge in [-0.25, -0.2) is 0 Å². The number of hydrogen-bond acceptors (Lipinski definition) is 2. The van der Waals surface area contributed by atoms with Gasteiger partial charge >= 0.3 is 0 Å². The molecule has 0 nitrogen and oxygen atoms in total. The number of halogens is 4. The van der Waals surface area contributed by atoms with Crippen molar-refractivity contribution in [2.24, 2.45) is 0 Å². The van der Waals surface area contributed by atoms with Crippen LogP contribution in [-0.4, -0.2) is 0 Å². The highest BCUT2D eigenvalue weighted by Gasteiger charge is 2.42. The summed E-state index contributed by atoms with van der Waals surface area (Å²) in [7, 11) is 3.60. The second-order valence-corrected chi connectivity index (χ2v) is 12.6. The Balaban J connectivity index is 1.69. The summed E-state index contributed by atoms with van der Waals surface area (Å²) in [6.45, 7) is 0. The molecule has 0 aromatic heterocycles. The molecule has 1 aliphatic rings. The lowest BCUT2D eigenvalue weighted by molar-refractivity contribution is 0.684. The average Bonchev–Trinajstić information content (AvgIpc) is 2.90. The van der Waals surface area contributed by atoms with Crippen LogP contribution in [-0.2, 0) is 4.75 Å². The van der Waals surface area contributed by atoms with Gasteiger partial charge in [-0.2, -0.15) is 0 Å². The van der Waals surface area contributed by atoms with Crippen LogP contribution in [0.1, 0.15) is 28.2 Å². The maximum atomic E-state index is 6.29. The number of rotatable bonds is 5. The van der Waals surface area contributed by atoms with Crippen LogP contribution in [0.25, 0.3) is 11.0 Å². The van der Waals surface area contributed by atoms with Gasteiger partial charge in [0.1, 0.15) is 0 Å². The maximum Gasteiger partial charge on any atom is 0.0801 e. The van der Waals surface area contributed by atoms with Gasteiger partial charge in [0.25, 0.3) is 0 Å². The van der Waals surface area contributed by atoms with E-state index in [0.717, 1.165) is 21.2 Å². The first-order valence-electron chi connectivity index (χ1n) is 11.2. The summed E-state index contributed by atoms with van der Waals surface area (Å²) in [6.07, 6.45) is 6.82. The zero-order valence-corrected chi connectivity index (χ0v) is 23.5. The fraction of sp³-hybridized carbons (Fsp3) is 0.0667. The summed E-state index contributed by atoms with van der Waals surface area (Å²) in [6, 6.07) is 32.2. The van der Waals surface area contributed by atoms with Crippen molar-refractivity contribution in [2.45, 2.75) is 10.7 Å². The van der Waals surface area contributed by atoms with Crippen molar-refractivity contribution in [3.05, 3.63) is 152 Å².